The summed E-state index contributed by atoms with van der Waals surface area (Å²) in [6.07, 6.45) is 2.19. The van der Waals surface area contributed by atoms with E-state index in [0.29, 0.717) is 13.2 Å². The number of methoxy groups -OCH3 is 1. The summed E-state index contributed by atoms with van der Waals surface area (Å²) in [5.41, 5.74) is 8.76. The summed E-state index contributed by atoms with van der Waals surface area (Å²) in [7, 11) is 1.69. The van der Waals surface area contributed by atoms with E-state index < -0.39 is 0 Å². The molecule has 0 saturated carbocycles. The lowest BCUT2D eigenvalue weighted by atomic mass is 10.0. The molecule has 1 heterocycles. The van der Waals surface area contributed by atoms with E-state index in [1.54, 1.807) is 7.11 Å². The van der Waals surface area contributed by atoms with Gasteiger partial charge in [-0.05, 0) is 24.5 Å². The van der Waals surface area contributed by atoms with Crippen LogP contribution in [0.25, 0.3) is 0 Å². The molecule has 4 nitrogen and oxygen atoms in total. The second-order valence-electron chi connectivity index (χ2n) is 4.90. The third-order valence-corrected chi connectivity index (χ3v) is 3.56. The molecular weight excluding hydrogens is 240 g/mol. The lowest BCUT2D eigenvalue weighted by Gasteiger charge is -2.25. The predicted molar refractivity (Wildman–Crippen MR) is 77.5 cm³/mol. The van der Waals surface area contributed by atoms with Crippen molar-refractivity contribution in [3.8, 4) is 0 Å². The van der Waals surface area contributed by atoms with Crippen LogP contribution in [0.15, 0.2) is 24.3 Å². The van der Waals surface area contributed by atoms with Crippen molar-refractivity contribution in [3.05, 3.63) is 29.8 Å². The highest BCUT2D eigenvalue weighted by Crippen LogP contribution is 2.30. The van der Waals surface area contributed by atoms with Gasteiger partial charge in [0.15, 0.2) is 0 Å². The highest BCUT2D eigenvalue weighted by molar-refractivity contribution is 5.55. The number of hydrogen-bond donors (Lipinski definition) is 1. The van der Waals surface area contributed by atoms with Crippen LogP contribution in [0.4, 0.5) is 5.69 Å². The largest absolute Gasteiger partial charge is 0.382 e. The lowest BCUT2D eigenvalue weighted by Crippen LogP contribution is -2.28. The Morgan fingerprint density at radius 2 is 2.11 bits per heavy atom. The normalized spacial score (nSPS) is 19.1. The minimum absolute atomic E-state index is 0.163. The van der Waals surface area contributed by atoms with Crippen molar-refractivity contribution < 1.29 is 9.47 Å². The van der Waals surface area contributed by atoms with E-state index in [1.165, 1.54) is 11.3 Å². The van der Waals surface area contributed by atoms with Gasteiger partial charge in [0.1, 0.15) is 0 Å². The number of ether oxygens (including phenoxy) is 2. The average Bonchev–Trinajstić information content (AvgIpc) is 2.59. The Labute approximate surface area is 115 Å². The molecule has 1 aromatic carbocycles. The molecule has 4 heteroatoms. The van der Waals surface area contributed by atoms with Gasteiger partial charge in [0, 0.05) is 31.9 Å². The van der Waals surface area contributed by atoms with Crippen molar-refractivity contribution in [2.45, 2.75) is 18.9 Å². The van der Waals surface area contributed by atoms with Gasteiger partial charge in [-0.3, -0.25) is 0 Å². The van der Waals surface area contributed by atoms with Crippen LogP contribution in [0.1, 0.15) is 24.4 Å². The van der Waals surface area contributed by atoms with Gasteiger partial charge < -0.3 is 20.1 Å². The standard InChI is InChI=1S/C15H24N2O2/c1-18-11-12-19-10-9-17-8-4-6-14(16)13-5-2-3-7-15(13)17/h2-3,5,7,14H,4,6,8-12,16H2,1H3. The first-order valence-electron chi connectivity index (χ1n) is 6.99. The van der Waals surface area contributed by atoms with Crippen molar-refractivity contribution in [3.63, 3.8) is 0 Å². The molecule has 0 bridgehead atoms. The first kappa shape index (κ1) is 14.3. The van der Waals surface area contributed by atoms with Gasteiger partial charge in [0.25, 0.3) is 0 Å². The molecule has 0 aliphatic carbocycles. The molecule has 0 spiro atoms. The quantitative estimate of drug-likeness (QED) is 0.798. The molecule has 2 N–H and O–H groups in total. The number of fused-ring (bicyclic) bond motifs is 1. The third-order valence-electron chi connectivity index (χ3n) is 3.56. The summed E-state index contributed by atoms with van der Waals surface area (Å²) >= 11 is 0. The summed E-state index contributed by atoms with van der Waals surface area (Å²) < 4.78 is 10.5. The van der Waals surface area contributed by atoms with Crippen molar-refractivity contribution in [2.75, 3.05) is 44.9 Å². The summed E-state index contributed by atoms with van der Waals surface area (Å²) in [4.78, 5) is 2.38. The summed E-state index contributed by atoms with van der Waals surface area (Å²) in [5.74, 6) is 0. The molecule has 0 radical (unpaired) electrons. The maximum Gasteiger partial charge on any atom is 0.0701 e. The maximum absolute atomic E-state index is 6.23. The number of anilines is 1. The molecule has 1 aliphatic heterocycles. The zero-order valence-electron chi connectivity index (χ0n) is 11.7. The van der Waals surface area contributed by atoms with Gasteiger partial charge in [-0.2, -0.15) is 0 Å². The van der Waals surface area contributed by atoms with Crippen molar-refractivity contribution >= 4 is 5.69 Å². The van der Waals surface area contributed by atoms with Gasteiger partial charge in [0.2, 0.25) is 0 Å². The van der Waals surface area contributed by atoms with Crippen LogP contribution in [0.5, 0.6) is 0 Å². The highest BCUT2D eigenvalue weighted by atomic mass is 16.5. The molecule has 0 saturated heterocycles. The van der Waals surface area contributed by atoms with Crippen LogP contribution in [0.3, 0.4) is 0 Å². The Balaban J connectivity index is 1.94. The van der Waals surface area contributed by atoms with Crippen molar-refractivity contribution in [1.82, 2.24) is 0 Å². The predicted octanol–water partition coefficient (Wildman–Crippen LogP) is 1.95. The van der Waals surface area contributed by atoms with Crippen LogP contribution >= 0.6 is 0 Å². The van der Waals surface area contributed by atoms with E-state index in [2.05, 4.69) is 29.2 Å². The molecule has 1 atom stereocenters. The zero-order valence-corrected chi connectivity index (χ0v) is 11.7. The monoisotopic (exact) mass is 264 g/mol. The fourth-order valence-corrected chi connectivity index (χ4v) is 2.52. The Hall–Kier alpha value is -1.10. The first-order valence-corrected chi connectivity index (χ1v) is 6.99. The topological polar surface area (TPSA) is 47.7 Å². The Bertz CT molecular complexity index is 384. The molecule has 19 heavy (non-hydrogen) atoms. The number of para-hydroxylation sites is 1. The Kier molecular flexibility index (Phi) is 5.63. The fraction of sp³-hybridized carbons (Fsp3) is 0.600. The molecule has 0 fully saturated rings. The van der Waals surface area contributed by atoms with Gasteiger partial charge in [-0.15, -0.1) is 0 Å². The molecule has 1 aromatic rings. The molecular formula is C15H24N2O2. The Morgan fingerprint density at radius 1 is 1.26 bits per heavy atom. The van der Waals surface area contributed by atoms with Gasteiger partial charge in [0.05, 0.1) is 19.8 Å². The molecule has 0 aromatic heterocycles. The third kappa shape index (κ3) is 3.93. The van der Waals surface area contributed by atoms with Crippen LogP contribution in [0, 0.1) is 0 Å². The van der Waals surface area contributed by atoms with Crippen LogP contribution in [0.2, 0.25) is 0 Å². The summed E-state index contributed by atoms with van der Waals surface area (Å²) in [5, 5.41) is 0. The smallest absolute Gasteiger partial charge is 0.0701 e. The summed E-state index contributed by atoms with van der Waals surface area (Å²) in [6.45, 7) is 4.01. The first-order chi connectivity index (χ1) is 9.33. The van der Waals surface area contributed by atoms with Crippen molar-refractivity contribution in [1.29, 1.82) is 0 Å². The molecule has 1 aliphatic rings. The van der Waals surface area contributed by atoms with E-state index in [9.17, 15) is 0 Å². The van der Waals surface area contributed by atoms with E-state index in [-0.39, 0.29) is 6.04 Å². The second-order valence-corrected chi connectivity index (χ2v) is 4.90. The molecule has 0 amide bonds. The van der Waals surface area contributed by atoms with E-state index >= 15 is 0 Å². The number of benzene rings is 1. The number of hydrogen-bond acceptors (Lipinski definition) is 4. The average molecular weight is 264 g/mol. The van der Waals surface area contributed by atoms with E-state index in [0.717, 1.165) is 32.5 Å². The fourth-order valence-electron chi connectivity index (χ4n) is 2.52. The van der Waals surface area contributed by atoms with Gasteiger partial charge in [-0.1, -0.05) is 18.2 Å². The minimum atomic E-state index is 0.163. The summed E-state index contributed by atoms with van der Waals surface area (Å²) in [6, 6.07) is 8.61. The number of rotatable bonds is 6. The maximum atomic E-state index is 6.23. The number of nitrogens with two attached hydrogens (primary N) is 1. The number of nitrogens with zero attached hydrogens (tertiary/aromatic N) is 1. The molecule has 2 rings (SSSR count). The van der Waals surface area contributed by atoms with Gasteiger partial charge in [-0.25, -0.2) is 0 Å². The van der Waals surface area contributed by atoms with Crippen LogP contribution < -0.4 is 10.6 Å². The molecule has 1 unspecified atom stereocenters. The SMILES string of the molecule is COCCOCCN1CCCC(N)c2ccccc21. The molecule has 106 valence electrons. The van der Waals surface area contributed by atoms with Gasteiger partial charge >= 0.3 is 0 Å². The van der Waals surface area contributed by atoms with Crippen LogP contribution in [-0.2, 0) is 9.47 Å². The lowest BCUT2D eigenvalue weighted by molar-refractivity contribution is 0.0740. The minimum Gasteiger partial charge on any atom is -0.382 e. The van der Waals surface area contributed by atoms with Crippen molar-refractivity contribution in [2.24, 2.45) is 5.73 Å². The van der Waals surface area contributed by atoms with E-state index in [1.807, 2.05) is 0 Å². The van der Waals surface area contributed by atoms with E-state index in [4.69, 9.17) is 15.2 Å². The second kappa shape index (κ2) is 7.48. The zero-order chi connectivity index (χ0) is 13.5. The highest BCUT2D eigenvalue weighted by Gasteiger charge is 2.19. The van der Waals surface area contributed by atoms with Crippen LogP contribution in [-0.4, -0.2) is 40.0 Å². The Morgan fingerprint density at radius 3 is 2.95 bits per heavy atom.